The van der Waals surface area contributed by atoms with Crippen molar-refractivity contribution >= 4 is 17.4 Å². The van der Waals surface area contributed by atoms with Crippen molar-refractivity contribution in [1.29, 1.82) is 0 Å². The van der Waals surface area contributed by atoms with Crippen LogP contribution in [0.3, 0.4) is 0 Å². The molecule has 43 heavy (non-hydrogen) atoms. The average molecular weight is 587 g/mol. The summed E-state index contributed by atoms with van der Waals surface area (Å²) in [6.45, 7) is 19.4. The SMILES string of the molecule is C=C(C)[C@@H]1CC[C@]2(C(=O)NN)CC[C@]3(C)[C@H](CC[C@@H]4[C@@]5(C)CC=C(c6ccc(C(=O)OC)cc6)C(C)(C)[C@@H]5CC[C@]43C)[C@@H]12. The van der Waals surface area contributed by atoms with Gasteiger partial charge >= 0.3 is 5.97 Å². The van der Waals surface area contributed by atoms with Gasteiger partial charge in [-0.1, -0.05) is 65.0 Å². The molecule has 0 bridgehead atoms. The van der Waals surface area contributed by atoms with Gasteiger partial charge in [0.15, 0.2) is 0 Å². The first-order valence-electron chi connectivity index (χ1n) is 16.8. The molecule has 1 aromatic carbocycles. The van der Waals surface area contributed by atoms with E-state index in [1.807, 2.05) is 12.1 Å². The number of esters is 1. The number of nitrogens with one attached hydrogen (secondary N) is 1. The minimum absolute atomic E-state index is 0.0241. The first kappa shape index (κ1) is 30.6. The monoisotopic (exact) mass is 586 g/mol. The van der Waals surface area contributed by atoms with E-state index < -0.39 is 0 Å². The van der Waals surface area contributed by atoms with Crippen molar-refractivity contribution in [1.82, 2.24) is 5.43 Å². The Balaban J connectivity index is 1.36. The zero-order valence-corrected chi connectivity index (χ0v) is 27.6. The quantitative estimate of drug-likeness (QED) is 0.123. The molecular formula is C38H54N2O3. The van der Waals surface area contributed by atoms with Gasteiger partial charge in [0.2, 0.25) is 5.91 Å². The molecule has 5 nitrogen and oxygen atoms in total. The summed E-state index contributed by atoms with van der Waals surface area (Å²) in [7, 11) is 1.43. The molecule has 5 aliphatic carbocycles. The van der Waals surface area contributed by atoms with Gasteiger partial charge in [0.05, 0.1) is 18.1 Å². The van der Waals surface area contributed by atoms with Crippen LogP contribution in [-0.2, 0) is 9.53 Å². The van der Waals surface area contributed by atoms with E-state index in [4.69, 9.17) is 10.6 Å². The number of carbonyl (C=O) groups excluding carboxylic acids is 2. The molecule has 1 aromatic rings. The summed E-state index contributed by atoms with van der Waals surface area (Å²) in [5.74, 6) is 8.10. The Kier molecular flexibility index (Phi) is 7.16. The normalized spacial score (nSPS) is 42.8. The molecule has 3 N–H and O–H groups in total. The van der Waals surface area contributed by atoms with Crippen LogP contribution in [0.4, 0.5) is 0 Å². The highest BCUT2D eigenvalue weighted by Gasteiger charge is 2.71. The number of benzene rings is 1. The first-order chi connectivity index (χ1) is 20.2. The number of allylic oxidation sites excluding steroid dienone is 3. The smallest absolute Gasteiger partial charge is 0.337 e. The maximum absolute atomic E-state index is 13.5. The third-order valence-corrected chi connectivity index (χ3v) is 14.8. The van der Waals surface area contributed by atoms with Crippen LogP contribution in [-0.4, -0.2) is 19.0 Å². The minimum atomic E-state index is -0.346. The van der Waals surface area contributed by atoms with Crippen LogP contribution >= 0.6 is 0 Å². The predicted molar refractivity (Wildman–Crippen MR) is 172 cm³/mol. The van der Waals surface area contributed by atoms with Gasteiger partial charge in [0.25, 0.3) is 0 Å². The number of carbonyl (C=O) groups is 2. The maximum Gasteiger partial charge on any atom is 0.337 e. The molecular weight excluding hydrogens is 532 g/mol. The van der Waals surface area contributed by atoms with Crippen LogP contribution in [0.5, 0.6) is 0 Å². The van der Waals surface area contributed by atoms with Crippen LogP contribution < -0.4 is 11.3 Å². The van der Waals surface area contributed by atoms with Crippen molar-refractivity contribution in [3.63, 3.8) is 0 Å². The van der Waals surface area contributed by atoms with E-state index in [0.29, 0.717) is 35.2 Å². The summed E-state index contributed by atoms with van der Waals surface area (Å²) in [6, 6.07) is 8.02. The van der Waals surface area contributed by atoms with Crippen molar-refractivity contribution < 1.29 is 14.3 Å². The Morgan fingerprint density at radius 2 is 1.60 bits per heavy atom. The molecule has 4 saturated carbocycles. The second-order valence-corrected chi connectivity index (χ2v) is 16.4. The molecule has 0 spiro atoms. The lowest BCUT2D eigenvalue weighted by Gasteiger charge is -2.72. The number of hydrazine groups is 1. The average Bonchev–Trinajstić information content (AvgIpc) is 3.38. The molecule has 0 saturated heterocycles. The third-order valence-electron chi connectivity index (χ3n) is 14.8. The van der Waals surface area contributed by atoms with Crippen molar-refractivity contribution in [3.05, 3.63) is 53.6 Å². The van der Waals surface area contributed by atoms with Crippen molar-refractivity contribution in [2.45, 2.75) is 99.3 Å². The van der Waals surface area contributed by atoms with Crippen LogP contribution in [0.1, 0.15) is 115 Å². The van der Waals surface area contributed by atoms with E-state index >= 15 is 0 Å². The summed E-state index contributed by atoms with van der Waals surface area (Å²) >= 11 is 0. The Morgan fingerprint density at radius 1 is 0.907 bits per heavy atom. The second-order valence-electron chi connectivity index (χ2n) is 16.4. The minimum Gasteiger partial charge on any atom is -0.465 e. The highest BCUT2D eigenvalue weighted by Crippen LogP contribution is 2.77. The van der Waals surface area contributed by atoms with E-state index in [1.54, 1.807) is 0 Å². The Morgan fingerprint density at radius 3 is 2.23 bits per heavy atom. The van der Waals surface area contributed by atoms with E-state index in [1.165, 1.54) is 49.5 Å². The van der Waals surface area contributed by atoms with E-state index in [0.717, 1.165) is 32.1 Å². The molecule has 0 aliphatic heterocycles. The highest BCUT2D eigenvalue weighted by atomic mass is 16.5. The van der Waals surface area contributed by atoms with Crippen LogP contribution in [0.25, 0.3) is 5.57 Å². The molecule has 9 atom stereocenters. The standard InChI is InChI=1S/C38H54N2O3/c1-23(2)26-15-20-38(33(42)40-39)22-21-36(6)28(31(26)38)13-14-30-35(5)18-16-27(24-9-11-25(12-10-24)32(41)43-8)34(3,4)29(35)17-19-37(30,36)7/h9-12,16,26,28-31H,1,13-15,17-22,39H2,2-8H3,(H,40,42)/t26-,28+,29-,30+,31+,35-,36+,37+,38-/m0/s1. The van der Waals surface area contributed by atoms with Crippen molar-refractivity contribution in [3.8, 4) is 0 Å². The van der Waals surface area contributed by atoms with Gasteiger partial charge in [-0.05, 0) is 139 Å². The maximum atomic E-state index is 13.5. The summed E-state index contributed by atoms with van der Waals surface area (Å²) < 4.78 is 4.93. The fourth-order valence-corrected chi connectivity index (χ4v) is 12.7. The molecule has 1 amide bonds. The summed E-state index contributed by atoms with van der Waals surface area (Å²) in [6.07, 6.45) is 12.6. The van der Waals surface area contributed by atoms with Gasteiger partial charge in [-0.2, -0.15) is 0 Å². The number of hydrogen-bond acceptors (Lipinski definition) is 4. The van der Waals surface area contributed by atoms with Crippen LogP contribution in [0.15, 0.2) is 42.5 Å². The number of hydrogen-bond donors (Lipinski definition) is 2. The lowest BCUT2D eigenvalue weighted by atomic mass is 9.32. The summed E-state index contributed by atoms with van der Waals surface area (Å²) in [5.41, 5.74) is 7.39. The topological polar surface area (TPSA) is 81.4 Å². The van der Waals surface area contributed by atoms with Gasteiger partial charge in [0, 0.05) is 0 Å². The predicted octanol–water partition coefficient (Wildman–Crippen LogP) is 8.11. The van der Waals surface area contributed by atoms with Gasteiger partial charge < -0.3 is 4.74 Å². The highest BCUT2D eigenvalue weighted by molar-refractivity contribution is 5.90. The number of amides is 1. The van der Waals surface area contributed by atoms with Gasteiger partial charge in [-0.3, -0.25) is 10.2 Å². The largest absolute Gasteiger partial charge is 0.465 e. The third kappa shape index (κ3) is 3.98. The van der Waals surface area contributed by atoms with Crippen molar-refractivity contribution in [2.24, 2.45) is 62.5 Å². The lowest BCUT2D eigenvalue weighted by molar-refractivity contribution is -0.225. The molecule has 0 aromatic heterocycles. The van der Waals surface area contributed by atoms with Gasteiger partial charge in [0.1, 0.15) is 0 Å². The molecule has 0 unspecified atom stereocenters. The van der Waals surface area contributed by atoms with Crippen LogP contribution in [0.2, 0.25) is 0 Å². The van der Waals surface area contributed by atoms with Crippen molar-refractivity contribution in [2.75, 3.05) is 7.11 Å². The Labute approximate surface area is 259 Å². The molecule has 234 valence electrons. The van der Waals surface area contributed by atoms with Crippen LogP contribution in [0, 0.1) is 56.7 Å². The Bertz CT molecular complexity index is 1360. The zero-order valence-electron chi connectivity index (χ0n) is 27.6. The van der Waals surface area contributed by atoms with Gasteiger partial charge in [-0.15, -0.1) is 0 Å². The fraction of sp³-hybridized carbons (Fsp3) is 0.684. The summed E-state index contributed by atoms with van der Waals surface area (Å²) in [5, 5.41) is 0. The number of rotatable bonds is 4. The van der Waals surface area contributed by atoms with E-state index in [9.17, 15) is 9.59 Å². The molecule has 5 heteroatoms. The number of ether oxygens (including phenoxy) is 1. The second kappa shape index (κ2) is 10.1. The summed E-state index contributed by atoms with van der Waals surface area (Å²) in [4.78, 5) is 25.6. The molecule has 4 fully saturated rings. The van der Waals surface area contributed by atoms with E-state index in [2.05, 4.69) is 71.8 Å². The fourth-order valence-electron chi connectivity index (χ4n) is 12.7. The lowest BCUT2D eigenvalue weighted by Crippen LogP contribution is -2.66. The van der Waals surface area contributed by atoms with E-state index in [-0.39, 0.29) is 39.0 Å². The first-order valence-corrected chi connectivity index (χ1v) is 16.8. The molecule has 6 rings (SSSR count). The van der Waals surface area contributed by atoms with Gasteiger partial charge in [-0.25, -0.2) is 10.6 Å². The number of methoxy groups -OCH3 is 1. The molecule has 0 heterocycles. The zero-order chi connectivity index (χ0) is 31.2. The molecule has 5 aliphatic rings. The number of nitrogens with two attached hydrogens (primary N) is 1. The number of fused-ring (bicyclic) bond motifs is 7. The molecule has 0 radical (unpaired) electrons. The Hall–Kier alpha value is -2.40.